The van der Waals surface area contributed by atoms with Crippen molar-refractivity contribution in [3.05, 3.63) is 47.0 Å². The maximum Gasteiger partial charge on any atom is 0.116 e. The average Bonchev–Trinajstić information content (AvgIpc) is 2.74. The van der Waals surface area contributed by atoms with Gasteiger partial charge in [0, 0.05) is 9.92 Å². The van der Waals surface area contributed by atoms with E-state index in [1.54, 1.807) is 18.0 Å². The van der Waals surface area contributed by atoms with Crippen LogP contribution in [0.3, 0.4) is 0 Å². The minimum atomic E-state index is -0.00513. The van der Waals surface area contributed by atoms with Crippen molar-refractivity contribution in [1.82, 2.24) is 9.97 Å². The fourth-order valence-electron chi connectivity index (χ4n) is 1.27. The Morgan fingerprint density at radius 3 is 3.00 bits per heavy atom. The van der Waals surface area contributed by atoms with Gasteiger partial charge in [0.05, 0.1) is 24.3 Å². The van der Waals surface area contributed by atoms with E-state index in [0.717, 1.165) is 27.2 Å². The van der Waals surface area contributed by atoms with E-state index < -0.39 is 0 Å². The van der Waals surface area contributed by atoms with Gasteiger partial charge in [0.15, 0.2) is 0 Å². The number of aliphatic hydroxyl groups excluding tert-OH is 1. The lowest BCUT2D eigenvalue weighted by atomic mass is 10.4. The molecular formula is C11H11ClN2OS. The molecule has 0 atom stereocenters. The Bertz CT molecular complexity index is 473. The van der Waals surface area contributed by atoms with Crippen LogP contribution in [0.1, 0.15) is 11.5 Å². The van der Waals surface area contributed by atoms with Crippen LogP contribution in [0.2, 0.25) is 5.02 Å². The highest BCUT2D eigenvalue weighted by Crippen LogP contribution is 2.24. The van der Waals surface area contributed by atoms with Gasteiger partial charge in [-0.3, -0.25) is 0 Å². The van der Waals surface area contributed by atoms with Crippen LogP contribution < -0.4 is 0 Å². The Kier molecular flexibility index (Phi) is 3.88. The molecule has 0 fully saturated rings. The first kappa shape index (κ1) is 11.5. The van der Waals surface area contributed by atoms with Crippen LogP contribution in [0.4, 0.5) is 0 Å². The minimum absolute atomic E-state index is 0.00513. The number of rotatable bonds is 4. The van der Waals surface area contributed by atoms with E-state index in [2.05, 4.69) is 9.97 Å². The lowest BCUT2D eigenvalue weighted by Gasteiger charge is -1.99. The molecule has 3 nitrogen and oxygen atoms in total. The molecule has 2 aromatic rings. The number of aromatic amines is 1. The van der Waals surface area contributed by atoms with Gasteiger partial charge >= 0.3 is 0 Å². The highest BCUT2D eigenvalue weighted by Gasteiger charge is 2.01. The Balaban J connectivity index is 1.96. The summed E-state index contributed by atoms with van der Waals surface area (Å²) in [5, 5.41) is 9.61. The van der Waals surface area contributed by atoms with Crippen LogP contribution in [0.15, 0.2) is 35.4 Å². The predicted molar refractivity (Wildman–Crippen MR) is 65.5 cm³/mol. The van der Waals surface area contributed by atoms with E-state index in [4.69, 9.17) is 16.7 Å². The van der Waals surface area contributed by atoms with Crippen LogP contribution in [0, 0.1) is 0 Å². The maximum atomic E-state index is 8.88. The van der Waals surface area contributed by atoms with Crippen LogP contribution in [-0.4, -0.2) is 15.1 Å². The molecule has 0 spiro atoms. The maximum absolute atomic E-state index is 8.88. The number of hydrogen-bond acceptors (Lipinski definition) is 3. The molecule has 0 aliphatic rings. The third kappa shape index (κ3) is 3.01. The zero-order valence-electron chi connectivity index (χ0n) is 8.48. The van der Waals surface area contributed by atoms with Crippen LogP contribution in [0.5, 0.6) is 0 Å². The molecule has 84 valence electrons. The van der Waals surface area contributed by atoms with Gasteiger partial charge in [0.2, 0.25) is 0 Å². The summed E-state index contributed by atoms with van der Waals surface area (Å²) in [5.41, 5.74) is 0.738. The Morgan fingerprint density at radius 2 is 2.31 bits per heavy atom. The van der Waals surface area contributed by atoms with Crippen molar-refractivity contribution in [3.8, 4) is 0 Å². The standard InChI is InChI=1S/C11H11ClN2OS/c12-8-2-1-3-10(4-8)16-7-11-13-5-9(6-15)14-11/h1-5,15H,6-7H2,(H,13,14). The fourth-order valence-corrected chi connectivity index (χ4v) is 2.36. The second-order valence-corrected chi connectivity index (χ2v) is 4.74. The van der Waals surface area contributed by atoms with Gasteiger partial charge in [-0.05, 0) is 18.2 Å². The van der Waals surface area contributed by atoms with E-state index in [1.807, 2.05) is 24.3 Å². The van der Waals surface area contributed by atoms with Crippen molar-refractivity contribution in [2.24, 2.45) is 0 Å². The number of thioether (sulfide) groups is 1. The summed E-state index contributed by atoms with van der Waals surface area (Å²) in [6.45, 7) is -0.00513. The molecule has 0 bridgehead atoms. The predicted octanol–water partition coefficient (Wildman–Crippen LogP) is 2.85. The third-order valence-electron chi connectivity index (χ3n) is 2.02. The molecule has 1 heterocycles. The van der Waals surface area contributed by atoms with Gasteiger partial charge in [-0.15, -0.1) is 11.8 Å². The molecule has 0 aliphatic carbocycles. The molecule has 0 radical (unpaired) electrons. The largest absolute Gasteiger partial charge is 0.390 e. The first-order valence-electron chi connectivity index (χ1n) is 4.80. The monoisotopic (exact) mass is 254 g/mol. The number of nitrogens with zero attached hydrogens (tertiary/aromatic N) is 1. The van der Waals surface area contributed by atoms with Gasteiger partial charge < -0.3 is 10.1 Å². The first-order chi connectivity index (χ1) is 7.78. The zero-order chi connectivity index (χ0) is 11.4. The summed E-state index contributed by atoms with van der Waals surface area (Å²) in [5.74, 6) is 1.59. The Morgan fingerprint density at radius 1 is 1.44 bits per heavy atom. The van der Waals surface area contributed by atoms with E-state index in [0.29, 0.717) is 0 Å². The van der Waals surface area contributed by atoms with Crippen LogP contribution in [-0.2, 0) is 12.4 Å². The van der Waals surface area contributed by atoms with Crippen molar-refractivity contribution in [1.29, 1.82) is 0 Å². The van der Waals surface area contributed by atoms with Gasteiger partial charge in [-0.2, -0.15) is 0 Å². The Hall–Kier alpha value is -0.970. The summed E-state index contributed by atoms with van der Waals surface area (Å²) in [7, 11) is 0. The fraction of sp³-hybridized carbons (Fsp3) is 0.182. The van der Waals surface area contributed by atoms with Gasteiger partial charge in [0.25, 0.3) is 0 Å². The van der Waals surface area contributed by atoms with Gasteiger partial charge in [0.1, 0.15) is 5.82 Å². The average molecular weight is 255 g/mol. The molecule has 0 saturated carbocycles. The number of H-pyrrole nitrogens is 1. The summed E-state index contributed by atoms with van der Waals surface area (Å²) >= 11 is 7.54. The molecule has 0 saturated heterocycles. The number of halogens is 1. The third-order valence-corrected chi connectivity index (χ3v) is 3.26. The molecule has 2 N–H and O–H groups in total. The zero-order valence-corrected chi connectivity index (χ0v) is 10.1. The topological polar surface area (TPSA) is 48.9 Å². The molecule has 2 rings (SSSR count). The number of benzene rings is 1. The number of aromatic nitrogens is 2. The van der Waals surface area contributed by atoms with E-state index in [-0.39, 0.29) is 6.61 Å². The number of aliphatic hydroxyl groups is 1. The van der Waals surface area contributed by atoms with E-state index >= 15 is 0 Å². The minimum Gasteiger partial charge on any atom is -0.390 e. The van der Waals surface area contributed by atoms with Crippen molar-refractivity contribution >= 4 is 23.4 Å². The molecule has 0 aliphatic heterocycles. The number of hydrogen-bond donors (Lipinski definition) is 2. The molecule has 0 amide bonds. The smallest absolute Gasteiger partial charge is 0.116 e. The normalized spacial score (nSPS) is 10.6. The van der Waals surface area contributed by atoms with Crippen molar-refractivity contribution < 1.29 is 5.11 Å². The number of imidazole rings is 1. The lowest BCUT2D eigenvalue weighted by Crippen LogP contribution is -1.86. The lowest BCUT2D eigenvalue weighted by molar-refractivity contribution is 0.277. The summed E-state index contributed by atoms with van der Waals surface area (Å²) in [6, 6.07) is 7.70. The first-order valence-corrected chi connectivity index (χ1v) is 6.16. The SMILES string of the molecule is OCc1cnc(CSc2cccc(Cl)c2)[nH]1. The van der Waals surface area contributed by atoms with Crippen LogP contribution in [0.25, 0.3) is 0 Å². The summed E-state index contributed by atoms with van der Waals surface area (Å²) in [4.78, 5) is 8.29. The van der Waals surface area contributed by atoms with E-state index in [9.17, 15) is 0 Å². The van der Waals surface area contributed by atoms with E-state index in [1.165, 1.54) is 0 Å². The second-order valence-electron chi connectivity index (χ2n) is 3.26. The number of nitrogens with one attached hydrogen (secondary N) is 1. The van der Waals surface area contributed by atoms with Gasteiger partial charge in [-0.1, -0.05) is 17.7 Å². The summed E-state index contributed by atoms with van der Waals surface area (Å²) < 4.78 is 0. The van der Waals surface area contributed by atoms with Crippen molar-refractivity contribution in [3.63, 3.8) is 0 Å². The second kappa shape index (κ2) is 5.39. The molecule has 1 aromatic heterocycles. The Labute approximate surface area is 103 Å². The molecule has 16 heavy (non-hydrogen) atoms. The molecule has 1 aromatic carbocycles. The van der Waals surface area contributed by atoms with Gasteiger partial charge in [-0.25, -0.2) is 4.98 Å². The van der Waals surface area contributed by atoms with Crippen molar-refractivity contribution in [2.75, 3.05) is 0 Å². The van der Waals surface area contributed by atoms with Crippen molar-refractivity contribution in [2.45, 2.75) is 17.3 Å². The van der Waals surface area contributed by atoms with Crippen LogP contribution >= 0.6 is 23.4 Å². The quantitative estimate of drug-likeness (QED) is 0.825. The highest BCUT2D eigenvalue weighted by molar-refractivity contribution is 7.98. The molecule has 5 heteroatoms. The molecular weight excluding hydrogens is 244 g/mol. The molecule has 0 unspecified atom stereocenters. The highest BCUT2D eigenvalue weighted by atomic mass is 35.5. The summed E-state index contributed by atoms with van der Waals surface area (Å²) in [6.07, 6.45) is 1.65.